The van der Waals surface area contributed by atoms with E-state index in [1.54, 1.807) is 0 Å². The van der Waals surface area contributed by atoms with Gasteiger partial charge in [-0.05, 0) is 37.2 Å². The van der Waals surface area contributed by atoms with Crippen LogP contribution in [0.15, 0.2) is 12.3 Å². The maximum atomic E-state index is 4.79. The molecule has 1 aromatic heterocycles. The van der Waals surface area contributed by atoms with Gasteiger partial charge in [0.25, 0.3) is 0 Å². The second-order valence-corrected chi connectivity index (χ2v) is 7.44. The van der Waals surface area contributed by atoms with Crippen molar-refractivity contribution in [1.82, 2.24) is 9.97 Å². The molecule has 0 amide bonds. The van der Waals surface area contributed by atoms with Crippen LogP contribution in [0, 0.1) is 5.41 Å². The van der Waals surface area contributed by atoms with Gasteiger partial charge in [-0.25, -0.2) is 9.97 Å². The zero-order valence-corrected chi connectivity index (χ0v) is 15.5. The van der Waals surface area contributed by atoms with Gasteiger partial charge in [0.2, 0.25) is 5.95 Å². The summed E-state index contributed by atoms with van der Waals surface area (Å²) in [6.45, 7) is 14.7. The molecule has 0 saturated heterocycles. The molecular formula is C19H35N3. The lowest BCUT2D eigenvalue weighted by molar-refractivity contribution is 0.363. The predicted molar refractivity (Wildman–Crippen MR) is 96.4 cm³/mol. The number of hydrogen-bond acceptors (Lipinski definition) is 3. The van der Waals surface area contributed by atoms with Crippen LogP contribution in [-0.2, 0) is 6.42 Å². The van der Waals surface area contributed by atoms with Gasteiger partial charge >= 0.3 is 0 Å². The summed E-state index contributed by atoms with van der Waals surface area (Å²) in [6, 6.07) is 2.59. The van der Waals surface area contributed by atoms with Crippen molar-refractivity contribution in [1.29, 1.82) is 0 Å². The van der Waals surface area contributed by atoms with Gasteiger partial charge in [0, 0.05) is 24.5 Å². The van der Waals surface area contributed by atoms with Crippen molar-refractivity contribution in [3.05, 3.63) is 18.0 Å². The average molecular weight is 306 g/mol. The molecule has 0 N–H and O–H groups in total. The van der Waals surface area contributed by atoms with Crippen LogP contribution >= 0.6 is 0 Å². The van der Waals surface area contributed by atoms with Crippen molar-refractivity contribution in [2.24, 2.45) is 5.41 Å². The van der Waals surface area contributed by atoms with Gasteiger partial charge in [0.05, 0.1) is 0 Å². The first kappa shape index (κ1) is 18.9. The van der Waals surface area contributed by atoms with E-state index in [1.165, 1.54) is 25.7 Å². The maximum absolute atomic E-state index is 4.79. The second-order valence-electron chi connectivity index (χ2n) is 7.44. The summed E-state index contributed by atoms with van der Waals surface area (Å²) < 4.78 is 0. The van der Waals surface area contributed by atoms with Crippen LogP contribution in [0.1, 0.15) is 79.3 Å². The Hall–Kier alpha value is -1.12. The van der Waals surface area contributed by atoms with E-state index >= 15 is 0 Å². The van der Waals surface area contributed by atoms with Crippen molar-refractivity contribution >= 4 is 5.95 Å². The highest BCUT2D eigenvalue weighted by atomic mass is 15.3. The molecule has 0 radical (unpaired) electrons. The van der Waals surface area contributed by atoms with Crippen LogP contribution in [0.5, 0.6) is 0 Å². The van der Waals surface area contributed by atoms with E-state index in [0.717, 1.165) is 31.0 Å². The van der Waals surface area contributed by atoms with E-state index in [4.69, 9.17) is 4.98 Å². The molecule has 3 nitrogen and oxygen atoms in total. The summed E-state index contributed by atoms with van der Waals surface area (Å²) in [4.78, 5) is 11.9. The summed E-state index contributed by atoms with van der Waals surface area (Å²) in [5.74, 6) is 0.926. The minimum absolute atomic E-state index is 0.337. The van der Waals surface area contributed by atoms with Crippen LogP contribution in [0.4, 0.5) is 5.95 Å². The first-order valence-corrected chi connectivity index (χ1v) is 8.99. The number of nitrogens with zero attached hydrogens (tertiary/aromatic N) is 3. The normalized spacial score (nSPS) is 12.0. The lowest BCUT2D eigenvalue weighted by atomic mass is 9.91. The number of aromatic nitrogens is 2. The Balaban J connectivity index is 3.01. The molecule has 0 saturated carbocycles. The van der Waals surface area contributed by atoms with E-state index in [9.17, 15) is 0 Å². The van der Waals surface area contributed by atoms with Crippen molar-refractivity contribution in [3.8, 4) is 0 Å². The van der Waals surface area contributed by atoms with E-state index < -0.39 is 0 Å². The van der Waals surface area contributed by atoms with Gasteiger partial charge in [-0.2, -0.15) is 0 Å². The van der Waals surface area contributed by atoms with E-state index in [1.807, 2.05) is 12.3 Å². The fourth-order valence-electron chi connectivity index (χ4n) is 2.74. The summed E-state index contributed by atoms with van der Waals surface area (Å²) >= 11 is 0. The van der Waals surface area contributed by atoms with Gasteiger partial charge in [-0.3, -0.25) is 0 Å². The fourth-order valence-corrected chi connectivity index (χ4v) is 2.74. The molecule has 22 heavy (non-hydrogen) atoms. The van der Waals surface area contributed by atoms with E-state index in [2.05, 4.69) is 51.4 Å². The van der Waals surface area contributed by atoms with Gasteiger partial charge in [-0.1, -0.05) is 54.4 Å². The smallest absolute Gasteiger partial charge is 0.225 e. The van der Waals surface area contributed by atoms with Crippen molar-refractivity contribution in [2.75, 3.05) is 11.4 Å². The molecule has 1 rings (SSSR count). The molecule has 0 fully saturated rings. The summed E-state index contributed by atoms with van der Waals surface area (Å²) in [5, 5.41) is 0. The third kappa shape index (κ3) is 6.33. The fraction of sp³-hybridized carbons (Fsp3) is 0.789. The molecule has 0 unspecified atom stereocenters. The standard InChI is InChI=1S/C19H35N3/c1-7-10-17(11-8-2)22(15-13-19(4,5)6)18-20-14-12-16(9-3)21-18/h12,14,17H,7-11,13,15H2,1-6H3. The predicted octanol–water partition coefficient (Wildman–Crippen LogP) is 5.25. The Morgan fingerprint density at radius 2 is 1.73 bits per heavy atom. The largest absolute Gasteiger partial charge is 0.338 e. The number of aryl methyl sites for hydroxylation is 1. The number of rotatable bonds is 9. The molecule has 126 valence electrons. The maximum Gasteiger partial charge on any atom is 0.225 e. The van der Waals surface area contributed by atoms with Crippen LogP contribution in [0.3, 0.4) is 0 Å². The van der Waals surface area contributed by atoms with Crippen molar-refractivity contribution in [3.63, 3.8) is 0 Å². The topological polar surface area (TPSA) is 29.0 Å². The molecule has 0 spiro atoms. The lowest BCUT2D eigenvalue weighted by Gasteiger charge is -2.34. The highest BCUT2D eigenvalue weighted by Crippen LogP contribution is 2.24. The first-order valence-electron chi connectivity index (χ1n) is 8.99. The molecule has 0 bridgehead atoms. The monoisotopic (exact) mass is 305 g/mol. The Labute approximate surface area is 137 Å². The Kier molecular flexibility index (Phi) is 7.84. The molecule has 0 atom stereocenters. The Bertz CT molecular complexity index is 417. The van der Waals surface area contributed by atoms with Crippen molar-refractivity contribution < 1.29 is 0 Å². The summed E-state index contributed by atoms with van der Waals surface area (Å²) in [7, 11) is 0. The molecular weight excluding hydrogens is 270 g/mol. The van der Waals surface area contributed by atoms with Crippen LogP contribution in [0.2, 0.25) is 0 Å². The van der Waals surface area contributed by atoms with Crippen LogP contribution in [0.25, 0.3) is 0 Å². The minimum Gasteiger partial charge on any atom is -0.338 e. The molecule has 1 heterocycles. The van der Waals surface area contributed by atoms with Gasteiger partial charge in [-0.15, -0.1) is 0 Å². The first-order chi connectivity index (χ1) is 10.4. The number of anilines is 1. The van der Waals surface area contributed by atoms with Crippen LogP contribution < -0.4 is 4.90 Å². The van der Waals surface area contributed by atoms with Crippen molar-refractivity contribution in [2.45, 2.75) is 86.1 Å². The van der Waals surface area contributed by atoms with E-state index in [0.29, 0.717) is 11.5 Å². The van der Waals surface area contributed by atoms with Gasteiger partial charge < -0.3 is 4.90 Å². The van der Waals surface area contributed by atoms with E-state index in [-0.39, 0.29) is 0 Å². The Morgan fingerprint density at radius 1 is 1.09 bits per heavy atom. The third-order valence-electron chi connectivity index (χ3n) is 4.11. The quantitative estimate of drug-likeness (QED) is 0.624. The zero-order chi connectivity index (χ0) is 16.6. The molecule has 3 heteroatoms. The van der Waals surface area contributed by atoms with Gasteiger partial charge in [0.15, 0.2) is 0 Å². The molecule has 0 aliphatic heterocycles. The SMILES string of the molecule is CCCC(CCC)N(CCC(C)(C)C)c1nccc(CC)n1. The second kappa shape index (κ2) is 9.12. The summed E-state index contributed by atoms with van der Waals surface area (Å²) in [6.07, 6.45) is 8.91. The molecule has 1 aromatic rings. The highest BCUT2D eigenvalue weighted by molar-refractivity contribution is 5.32. The highest BCUT2D eigenvalue weighted by Gasteiger charge is 2.22. The van der Waals surface area contributed by atoms with Crippen LogP contribution in [-0.4, -0.2) is 22.6 Å². The molecule has 0 aliphatic rings. The molecule has 0 aromatic carbocycles. The minimum atomic E-state index is 0.337. The number of hydrogen-bond donors (Lipinski definition) is 0. The Morgan fingerprint density at radius 3 is 2.23 bits per heavy atom. The zero-order valence-electron chi connectivity index (χ0n) is 15.5. The van der Waals surface area contributed by atoms with Gasteiger partial charge in [0.1, 0.15) is 0 Å². The lowest BCUT2D eigenvalue weighted by Crippen LogP contribution is -2.38. The molecule has 0 aliphatic carbocycles. The average Bonchev–Trinajstić information content (AvgIpc) is 2.47. The summed E-state index contributed by atoms with van der Waals surface area (Å²) in [5.41, 5.74) is 1.47. The third-order valence-corrected chi connectivity index (χ3v) is 4.11.